The first kappa shape index (κ1) is 12.8. The van der Waals surface area contributed by atoms with Gasteiger partial charge >= 0.3 is 0 Å². The topological polar surface area (TPSA) is 56.7 Å². The van der Waals surface area contributed by atoms with Crippen LogP contribution in [-0.4, -0.2) is 14.8 Å². The van der Waals surface area contributed by atoms with Crippen LogP contribution in [0.1, 0.15) is 42.8 Å². The number of hydrogen-bond donors (Lipinski definition) is 1. The molecule has 1 atom stereocenters. The molecule has 2 aromatic heterocycles. The highest BCUT2D eigenvalue weighted by Crippen LogP contribution is 2.16. The van der Waals surface area contributed by atoms with Gasteiger partial charge in [-0.05, 0) is 38.0 Å². The van der Waals surface area contributed by atoms with Crippen molar-refractivity contribution in [2.75, 3.05) is 0 Å². The van der Waals surface area contributed by atoms with E-state index in [9.17, 15) is 0 Å². The zero-order valence-corrected chi connectivity index (χ0v) is 11.2. The van der Waals surface area contributed by atoms with E-state index < -0.39 is 0 Å². The molecule has 4 heteroatoms. The summed E-state index contributed by atoms with van der Waals surface area (Å²) >= 11 is 0. The van der Waals surface area contributed by atoms with Crippen LogP contribution in [0.25, 0.3) is 0 Å². The lowest BCUT2D eigenvalue weighted by Gasteiger charge is -2.10. The third-order valence-electron chi connectivity index (χ3n) is 2.95. The summed E-state index contributed by atoms with van der Waals surface area (Å²) in [5.74, 6) is 0. The summed E-state index contributed by atoms with van der Waals surface area (Å²) in [5.41, 5.74) is 9.42. The molecule has 4 nitrogen and oxygen atoms in total. The van der Waals surface area contributed by atoms with Gasteiger partial charge in [0.2, 0.25) is 0 Å². The summed E-state index contributed by atoms with van der Waals surface area (Å²) in [5, 5.41) is 4.51. The van der Waals surface area contributed by atoms with Gasteiger partial charge in [0.15, 0.2) is 0 Å². The number of aryl methyl sites for hydroxylation is 1. The second kappa shape index (κ2) is 5.31. The fourth-order valence-corrected chi connectivity index (χ4v) is 1.90. The number of rotatable bonds is 4. The van der Waals surface area contributed by atoms with Crippen LogP contribution >= 0.6 is 0 Å². The van der Waals surface area contributed by atoms with Gasteiger partial charge in [0.1, 0.15) is 0 Å². The van der Waals surface area contributed by atoms with E-state index in [4.69, 9.17) is 5.73 Å². The molecule has 0 saturated heterocycles. The van der Waals surface area contributed by atoms with Crippen LogP contribution < -0.4 is 5.73 Å². The second-order valence-electron chi connectivity index (χ2n) is 4.99. The average Bonchev–Trinajstić information content (AvgIpc) is 2.77. The zero-order valence-electron chi connectivity index (χ0n) is 11.2. The number of pyridine rings is 1. The van der Waals surface area contributed by atoms with Crippen LogP contribution in [0.15, 0.2) is 30.7 Å². The standard InChI is InChI=1S/C14H20N4/c1-10(2)18-5-4-13(17-18)7-14(15)12-6-11(3)8-16-9-12/h4-6,8-10,14H,7,15H2,1-3H3. The Morgan fingerprint density at radius 1 is 1.33 bits per heavy atom. The molecule has 2 aromatic rings. The summed E-state index contributed by atoms with van der Waals surface area (Å²) in [4.78, 5) is 4.17. The van der Waals surface area contributed by atoms with Crippen LogP contribution in [0.3, 0.4) is 0 Å². The van der Waals surface area contributed by atoms with Gasteiger partial charge < -0.3 is 5.73 Å². The highest BCUT2D eigenvalue weighted by atomic mass is 15.3. The Balaban J connectivity index is 2.08. The lowest BCUT2D eigenvalue weighted by molar-refractivity contribution is 0.522. The van der Waals surface area contributed by atoms with Gasteiger partial charge in [0.25, 0.3) is 0 Å². The van der Waals surface area contributed by atoms with Gasteiger partial charge in [-0.25, -0.2) is 0 Å². The molecule has 1 unspecified atom stereocenters. The van der Waals surface area contributed by atoms with Crippen molar-refractivity contribution in [2.24, 2.45) is 5.73 Å². The molecule has 0 bridgehead atoms. The number of nitrogens with two attached hydrogens (primary N) is 1. The first-order chi connectivity index (χ1) is 8.56. The van der Waals surface area contributed by atoms with Crippen molar-refractivity contribution >= 4 is 0 Å². The van der Waals surface area contributed by atoms with Crippen molar-refractivity contribution in [3.05, 3.63) is 47.5 Å². The molecule has 0 saturated carbocycles. The predicted molar refractivity (Wildman–Crippen MR) is 72.2 cm³/mol. The summed E-state index contributed by atoms with van der Waals surface area (Å²) in [7, 11) is 0. The van der Waals surface area contributed by atoms with Crippen molar-refractivity contribution in [1.82, 2.24) is 14.8 Å². The zero-order chi connectivity index (χ0) is 13.1. The molecule has 0 radical (unpaired) electrons. The Hall–Kier alpha value is -1.68. The van der Waals surface area contributed by atoms with Crippen molar-refractivity contribution in [2.45, 2.75) is 39.3 Å². The summed E-state index contributed by atoms with van der Waals surface area (Å²) in [6.45, 7) is 6.25. The fourth-order valence-electron chi connectivity index (χ4n) is 1.90. The molecule has 0 aliphatic heterocycles. The third-order valence-corrected chi connectivity index (χ3v) is 2.95. The highest BCUT2D eigenvalue weighted by Gasteiger charge is 2.10. The molecule has 2 heterocycles. The molecule has 18 heavy (non-hydrogen) atoms. The molecule has 0 spiro atoms. The number of aromatic nitrogens is 3. The molecule has 0 aromatic carbocycles. The quantitative estimate of drug-likeness (QED) is 0.898. The molecule has 96 valence electrons. The van der Waals surface area contributed by atoms with Crippen LogP contribution in [0.2, 0.25) is 0 Å². The van der Waals surface area contributed by atoms with Crippen molar-refractivity contribution in [3.63, 3.8) is 0 Å². The normalized spacial score (nSPS) is 12.9. The second-order valence-corrected chi connectivity index (χ2v) is 4.99. The van der Waals surface area contributed by atoms with E-state index in [0.717, 1.165) is 23.2 Å². The Bertz CT molecular complexity index is 516. The Labute approximate surface area is 108 Å². The lowest BCUT2D eigenvalue weighted by atomic mass is 10.0. The average molecular weight is 244 g/mol. The van der Waals surface area contributed by atoms with Gasteiger partial charge in [-0.1, -0.05) is 6.07 Å². The predicted octanol–water partition coefficient (Wildman–Crippen LogP) is 2.41. The Morgan fingerprint density at radius 2 is 2.11 bits per heavy atom. The van der Waals surface area contributed by atoms with Crippen molar-refractivity contribution in [1.29, 1.82) is 0 Å². The summed E-state index contributed by atoms with van der Waals surface area (Å²) in [6.07, 6.45) is 6.41. The van der Waals surface area contributed by atoms with Gasteiger partial charge in [0, 0.05) is 37.1 Å². The summed E-state index contributed by atoms with van der Waals surface area (Å²) < 4.78 is 1.95. The van der Waals surface area contributed by atoms with Crippen LogP contribution in [-0.2, 0) is 6.42 Å². The minimum atomic E-state index is -0.0482. The van der Waals surface area contributed by atoms with Crippen LogP contribution in [0, 0.1) is 6.92 Å². The molecular weight excluding hydrogens is 224 g/mol. The molecule has 2 N–H and O–H groups in total. The Kier molecular flexibility index (Phi) is 3.77. The number of hydrogen-bond acceptors (Lipinski definition) is 3. The maximum absolute atomic E-state index is 6.19. The van der Waals surface area contributed by atoms with Gasteiger partial charge in [0.05, 0.1) is 5.69 Å². The molecule has 0 fully saturated rings. The van der Waals surface area contributed by atoms with E-state index in [1.54, 1.807) is 0 Å². The maximum atomic E-state index is 6.19. The first-order valence-corrected chi connectivity index (χ1v) is 6.27. The van der Waals surface area contributed by atoms with Crippen molar-refractivity contribution < 1.29 is 0 Å². The minimum absolute atomic E-state index is 0.0482. The number of nitrogens with zero attached hydrogens (tertiary/aromatic N) is 3. The van der Waals surface area contributed by atoms with Gasteiger partial charge in [-0.15, -0.1) is 0 Å². The Morgan fingerprint density at radius 3 is 2.72 bits per heavy atom. The third kappa shape index (κ3) is 2.96. The molecule has 0 aliphatic rings. The highest BCUT2D eigenvalue weighted by molar-refractivity contribution is 5.21. The van der Waals surface area contributed by atoms with E-state index in [1.165, 1.54) is 0 Å². The first-order valence-electron chi connectivity index (χ1n) is 6.27. The van der Waals surface area contributed by atoms with E-state index in [0.29, 0.717) is 6.04 Å². The van der Waals surface area contributed by atoms with Crippen molar-refractivity contribution in [3.8, 4) is 0 Å². The largest absolute Gasteiger partial charge is 0.324 e. The van der Waals surface area contributed by atoms with E-state index in [-0.39, 0.29) is 6.04 Å². The smallest absolute Gasteiger partial charge is 0.0643 e. The fraction of sp³-hybridized carbons (Fsp3) is 0.429. The van der Waals surface area contributed by atoms with Gasteiger partial charge in [-0.2, -0.15) is 5.10 Å². The summed E-state index contributed by atoms with van der Waals surface area (Å²) in [6, 6.07) is 4.45. The van der Waals surface area contributed by atoms with Crippen LogP contribution in [0.4, 0.5) is 0 Å². The van der Waals surface area contributed by atoms with E-state index in [2.05, 4.69) is 30.0 Å². The SMILES string of the molecule is Cc1cncc(C(N)Cc2ccn(C(C)C)n2)c1. The monoisotopic (exact) mass is 244 g/mol. The molecule has 0 amide bonds. The minimum Gasteiger partial charge on any atom is -0.324 e. The molecular formula is C14H20N4. The lowest BCUT2D eigenvalue weighted by Crippen LogP contribution is -2.14. The molecule has 2 rings (SSSR count). The van der Waals surface area contributed by atoms with Gasteiger partial charge in [-0.3, -0.25) is 9.67 Å². The maximum Gasteiger partial charge on any atom is 0.0643 e. The van der Waals surface area contributed by atoms with E-state index in [1.807, 2.05) is 36.3 Å². The van der Waals surface area contributed by atoms with Crippen LogP contribution in [0.5, 0.6) is 0 Å². The van der Waals surface area contributed by atoms with E-state index >= 15 is 0 Å². The molecule has 0 aliphatic carbocycles.